The number of rotatable bonds is 2. The summed E-state index contributed by atoms with van der Waals surface area (Å²) < 4.78 is 9.50. The van der Waals surface area contributed by atoms with Gasteiger partial charge in [-0.15, -0.1) is 0 Å². The fourth-order valence-corrected chi connectivity index (χ4v) is 3.16. The van der Waals surface area contributed by atoms with E-state index in [0.29, 0.717) is 11.4 Å². The first-order chi connectivity index (χ1) is 14.2. The highest BCUT2D eigenvalue weighted by molar-refractivity contribution is 5.64. The molecule has 0 aliphatic heterocycles. The number of pyridine rings is 1. The van der Waals surface area contributed by atoms with Crippen LogP contribution < -0.4 is 4.74 Å². The maximum atomic E-state index is 6.01. The molecule has 0 aliphatic rings. The number of hydrogen-bond donors (Lipinski definition) is 0. The molecule has 0 radical (unpaired) electrons. The average molecular weight is 380 g/mol. The van der Waals surface area contributed by atoms with Gasteiger partial charge in [-0.25, -0.2) is 19.0 Å². The van der Waals surface area contributed by atoms with Crippen LogP contribution in [0.25, 0.3) is 11.2 Å². The van der Waals surface area contributed by atoms with Crippen molar-refractivity contribution in [3.05, 3.63) is 83.8 Å². The molecule has 29 heavy (non-hydrogen) atoms. The molecule has 0 bridgehead atoms. The van der Waals surface area contributed by atoms with Gasteiger partial charge in [-0.05, 0) is 61.2 Å². The SMILES string of the molecule is Cc1cc(C#Cc2ncnn3ccc(C)c23)ccc1Oc1ccn2ncnc2c1. The van der Waals surface area contributed by atoms with Gasteiger partial charge in [-0.1, -0.05) is 5.92 Å². The summed E-state index contributed by atoms with van der Waals surface area (Å²) in [7, 11) is 0. The van der Waals surface area contributed by atoms with Crippen LogP contribution in [0.5, 0.6) is 11.5 Å². The number of hydrogen-bond acceptors (Lipinski definition) is 5. The second kappa shape index (κ2) is 6.77. The first-order valence-corrected chi connectivity index (χ1v) is 9.06. The van der Waals surface area contributed by atoms with Crippen LogP contribution in [0.3, 0.4) is 0 Å². The van der Waals surface area contributed by atoms with E-state index in [1.54, 1.807) is 9.03 Å². The molecule has 4 heterocycles. The molecular weight excluding hydrogens is 364 g/mol. The topological polar surface area (TPSA) is 69.6 Å². The molecule has 5 aromatic rings. The maximum Gasteiger partial charge on any atom is 0.158 e. The third-order valence-electron chi connectivity index (χ3n) is 4.64. The smallest absolute Gasteiger partial charge is 0.158 e. The highest BCUT2D eigenvalue weighted by Crippen LogP contribution is 2.26. The predicted molar refractivity (Wildman–Crippen MR) is 108 cm³/mol. The lowest BCUT2D eigenvalue weighted by Gasteiger charge is -2.09. The van der Waals surface area contributed by atoms with Crippen LogP contribution in [-0.4, -0.2) is 29.2 Å². The Balaban J connectivity index is 1.42. The minimum atomic E-state index is 0.708. The van der Waals surface area contributed by atoms with E-state index in [1.807, 2.05) is 62.6 Å². The number of ether oxygens (including phenoxy) is 1. The number of aryl methyl sites for hydroxylation is 2. The summed E-state index contributed by atoms with van der Waals surface area (Å²) in [6, 6.07) is 11.6. The number of fused-ring (bicyclic) bond motifs is 2. The first-order valence-electron chi connectivity index (χ1n) is 9.06. The highest BCUT2D eigenvalue weighted by atomic mass is 16.5. The summed E-state index contributed by atoms with van der Waals surface area (Å²) in [5.41, 5.74) is 5.36. The second-order valence-corrected chi connectivity index (χ2v) is 6.66. The highest BCUT2D eigenvalue weighted by Gasteiger charge is 2.06. The minimum absolute atomic E-state index is 0.708. The molecule has 5 rings (SSSR count). The zero-order valence-electron chi connectivity index (χ0n) is 15.9. The van der Waals surface area contributed by atoms with Crippen molar-refractivity contribution in [3.63, 3.8) is 0 Å². The van der Waals surface area contributed by atoms with Crippen molar-refractivity contribution in [3.8, 4) is 23.3 Å². The van der Waals surface area contributed by atoms with Crippen LogP contribution >= 0.6 is 0 Å². The lowest BCUT2D eigenvalue weighted by Crippen LogP contribution is -1.95. The number of benzene rings is 1. The van der Waals surface area contributed by atoms with Crippen molar-refractivity contribution < 1.29 is 4.74 Å². The third kappa shape index (κ3) is 3.17. The molecule has 1 aromatic carbocycles. The van der Waals surface area contributed by atoms with Gasteiger partial charge in [0.1, 0.15) is 35.4 Å². The van der Waals surface area contributed by atoms with Gasteiger partial charge >= 0.3 is 0 Å². The molecule has 0 amide bonds. The lowest BCUT2D eigenvalue weighted by molar-refractivity contribution is 0.478. The Hall–Kier alpha value is -4.18. The fourth-order valence-electron chi connectivity index (χ4n) is 3.16. The van der Waals surface area contributed by atoms with E-state index in [-0.39, 0.29) is 0 Å². The van der Waals surface area contributed by atoms with Crippen molar-refractivity contribution in [2.24, 2.45) is 0 Å². The second-order valence-electron chi connectivity index (χ2n) is 6.66. The van der Waals surface area contributed by atoms with E-state index < -0.39 is 0 Å². The predicted octanol–water partition coefficient (Wildman–Crippen LogP) is 3.58. The molecule has 0 spiro atoms. The van der Waals surface area contributed by atoms with E-state index in [2.05, 4.69) is 32.0 Å². The van der Waals surface area contributed by atoms with Gasteiger partial charge < -0.3 is 4.74 Å². The van der Waals surface area contributed by atoms with Gasteiger partial charge in [0.2, 0.25) is 0 Å². The molecule has 0 fully saturated rings. The van der Waals surface area contributed by atoms with Crippen LogP contribution in [0.2, 0.25) is 0 Å². The van der Waals surface area contributed by atoms with Crippen molar-refractivity contribution in [1.29, 1.82) is 0 Å². The maximum absolute atomic E-state index is 6.01. The Labute approximate surface area is 166 Å². The van der Waals surface area contributed by atoms with Crippen molar-refractivity contribution in [2.75, 3.05) is 0 Å². The Kier molecular flexibility index (Phi) is 3.96. The van der Waals surface area contributed by atoms with Crippen molar-refractivity contribution in [1.82, 2.24) is 29.2 Å². The lowest BCUT2D eigenvalue weighted by atomic mass is 10.1. The van der Waals surface area contributed by atoms with Crippen LogP contribution in [0.4, 0.5) is 0 Å². The van der Waals surface area contributed by atoms with Gasteiger partial charge in [0, 0.05) is 24.0 Å². The number of nitrogens with zero attached hydrogens (tertiary/aromatic N) is 6. The van der Waals surface area contributed by atoms with Crippen LogP contribution in [0.1, 0.15) is 22.4 Å². The molecule has 0 N–H and O–H groups in total. The molecule has 4 aromatic heterocycles. The van der Waals surface area contributed by atoms with Gasteiger partial charge in [-0.2, -0.15) is 10.2 Å². The van der Waals surface area contributed by atoms with Crippen molar-refractivity contribution in [2.45, 2.75) is 13.8 Å². The summed E-state index contributed by atoms with van der Waals surface area (Å²) >= 11 is 0. The molecule has 140 valence electrons. The van der Waals surface area contributed by atoms with Gasteiger partial charge in [0.15, 0.2) is 5.65 Å². The summed E-state index contributed by atoms with van der Waals surface area (Å²) in [5.74, 6) is 7.83. The molecule has 0 saturated heterocycles. The summed E-state index contributed by atoms with van der Waals surface area (Å²) in [6.07, 6.45) is 6.76. The van der Waals surface area contributed by atoms with E-state index in [9.17, 15) is 0 Å². The van der Waals surface area contributed by atoms with Crippen LogP contribution in [-0.2, 0) is 0 Å². The number of aromatic nitrogens is 6. The van der Waals surface area contributed by atoms with Crippen molar-refractivity contribution >= 4 is 11.2 Å². The molecular formula is C22H16N6O. The fraction of sp³-hybridized carbons (Fsp3) is 0.0909. The van der Waals surface area contributed by atoms with Crippen LogP contribution in [0, 0.1) is 25.7 Å². The Morgan fingerprint density at radius 3 is 2.55 bits per heavy atom. The monoisotopic (exact) mass is 380 g/mol. The van der Waals surface area contributed by atoms with Gasteiger partial charge in [-0.3, -0.25) is 0 Å². The third-order valence-corrected chi connectivity index (χ3v) is 4.64. The normalized spacial score (nSPS) is 10.8. The van der Waals surface area contributed by atoms with E-state index in [4.69, 9.17) is 4.74 Å². The molecule has 0 atom stereocenters. The van der Waals surface area contributed by atoms with Gasteiger partial charge in [0.25, 0.3) is 0 Å². The standard InChI is InChI=1S/C22H16N6O/c1-15-7-9-28-22(15)19(23-13-26-28)5-3-17-4-6-20(16(2)11-17)29-18-8-10-27-21(12-18)24-14-25-27/h4,6-14H,1-2H3. The van der Waals surface area contributed by atoms with Gasteiger partial charge in [0.05, 0.1) is 0 Å². The molecule has 0 saturated carbocycles. The average Bonchev–Trinajstić information content (AvgIpc) is 3.35. The van der Waals surface area contributed by atoms with Crippen LogP contribution in [0.15, 0.2) is 61.4 Å². The Morgan fingerprint density at radius 2 is 1.66 bits per heavy atom. The first kappa shape index (κ1) is 17.0. The molecule has 7 heteroatoms. The summed E-state index contributed by atoms with van der Waals surface area (Å²) in [6.45, 7) is 4.02. The molecule has 0 unspecified atom stereocenters. The zero-order chi connectivity index (χ0) is 19.8. The Morgan fingerprint density at radius 1 is 0.828 bits per heavy atom. The molecule has 7 nitrogen and oxygen atoms in total. The minimum Gasteiger partial charge on any atom is -0.457 e. The van der Waals surface area contributed by atoms with E-state index in [1.165, 1.54) is 12.7 Å². The van der Waals surface area contributed by atoms with E-state index in [0.717, 1.165) is 33.6 Å². The quantitative estimate of drug-likeness (QED) is 0.438. The zero-order valence-corrected chi connectivity index (χ0v) is 15.9. The molecule has 0 aliphatic carbocycles. The summed E-state index contributed by atoms with van der Waals surface area (Å²) in [5, 5.41) is 8.30. The Bertz CT molecular complexity index is 1420. The summed E-state index contributed by atoms with van der Waals surface area (Å²) in [4.78, 5) is 8.50. The largest absolute Gasteiger partial charge is 0.457 e. The van der Waals surface area contributed by atoms with E-state index >= 15 is 0 Å².